The Hall–Kier alpha value is -2.23. The summed E-state index contributed by atoms with van der Waals surface area (Å²) in [4.78, 5) is 1.82. The number of halogens is 1. The number of ether oxygens (including phenoxy) is 1. The van der Waals surface area contributed by atoms with Crippen molar-refractivity contribution in [3.8, 4) is 5.75 Å². The Morgan fingerprint density at radius 3 is 2.61 bits per heavy atom. The number of nitrogens with two attached hydrogens (primary N) is 1. The second kappa shape index (κ2) is 4.96. The Kier molecular flexibility index (Phi) is 3.37. The number of para-hydroxylation sites is 1. The first-order valence-corrected chi connectivity index (χ1v) is 5.55. The van der Waals surface area contributed by atoms with Crippen molar-refractivity contribution in [3.05, 3.63) is 48.3 Å². The van der Waals surface area contributed by atoms with Crippen LogP contribution < -0.4 is 15.4 Å². The highest BCUT2D eigenvalue weighted by Crippen LogP contribution is 2.31. The number of benzene rings is 2. The van der Waals surface area contributed by atoms with Crippen LogP contribution in [0.3, 0.4) is 0 Å². The van der Waals surface area contributed by atoms with E-state index in [1.807, 2.05) is 36.2 Å². The SMILES string of the molecule is COc1cccc(N(C)c2cccc(F)c2N)c1. The Morgan fingerprint density at radius 2 is 1.89 bits per heavy atom. The van der Waals surface area contributed by atoms with E-state index in [1.165, 1.54) is 6.07 Å². The van der Waals surface area contributed by atoms with E-state index in [0.717, 1.165) is 11.4 Å². The van der Waals surface area contributed by atoms with E-state index in [1.54, 1.807) is 19.2 Å². The first-order chi connectivity index (χ1) is 8.63. The van der Waals surface area contributed by atoms with Crippen LogP contribution >= 0.6 is 0 Å². The van der Waals surface area contributed by atoms with Gasteiger partial charge >= 0.3 is 0 Å². The summed E-state index contributed by atoms with van der Waals surface area (Å²) in [6, 6.07) is 12.3. The molecule has 0 radical (unpaired) electrons. The van der Waals surface area contributed by atoms with Crippen molar-refractivity contribution in [2.75, 3.05) is 24.8 Å². The van der Waals surface area contributed by atoms with Gasteiger partial charge in [0.25, 0.3) is 0 Å². The second-order valence-corrected chi connectivity index (χ2v) is 3.93. The predicted octanol–water partition coefficient (Wildman–Crippen LogP) is 3.18. The maximum absolute atomic E-state index is 13.4. The summed E-state index contributed by atoms with van der Waals surface area (Å²) in [5, 5.41) is 0. The minimum absolute atomic E-state index is 0.141. The molecule has 0 heterocycles. The van der Waals surface area contributed by atoms with E-state index in [9.17, 15) is 4.39 Å². The van der Waals surface area contributed by atoms with Crippen molar-refractivity contribution in [1.29, 1.82) is 0 Å². The van der Waals surface area contributed by atoms with Gasteiger partial charge in [-0.05, 0) is 24.3 Å². The van der Waals surface area contributed by atoms with Crippen molar-refractivity contribution in [3.63, 3.8) is 0 Å². The molecule has 2 aromatic carbocycles. The van der Waals surface area contributed by atoms with E-state index in [0.29, 0.717) is 5.69 Å². The predicted molar refractivity (Wildman–Crippen MR) is 71.9 cm³/mol. The fraction of sp³-hybridized carbons (Fsp3) is 0.143. The van der Waals surface area contributed by atoms with Crippen LogP contribution in [0.5, 0.6) is 5.75 Å². The summed E-state index contributed by atoms with van der Waals surface area (Å²) >= 11 is 0. The Labute approximate surface area is 106 Å². The van der Waals surface area contributed by atoms with E-state index in [-0.39, 0.29) is 5.69 Å². The standard InChI is InChI=1S/C14H15FN2O/c1-17(10-5-3-6-11(9-10)18-2)13-8-4-7-12(15)14(13)16/h3-9H,16H2,1-2H3. The number of anilines is 3. The van der Waals surface area contributed by atoms with E-state index in [4.69, 9.17) is 10.5 Å². The van der Waals surface area contributed by atoms with Crippen molar-refractivity contribution >= 4 is 17.1 Å². The molecule has 0 aliphatic rings. The van der Waals surface area contributed by atoms with Crippen molar-refractivity contribution in [2.45, 2.75) is 0 Å². The molecule has 0 atom stereocenters. The lowest BCUT2D eigenvalue weighted by molar-refractivity contribution is 0.415. The van der Waals surface area contributed by atoms with Crippen molar-refractivity contribution in [2.24, 2.45) is 0 Å². The average Bonchev–Trinajstić information content (AvgIpc) is 2.41. The molecule has 0 aliphatic carbocycles. The fourth-order valence-corrected chi connectivity index (χ4v) is 1.78. The monoisotopic (exact) mass is 246 g/mol. The summed E-state index contributed by atoms with van der Waals surface area (Å²) in [6.07, 6.45) is 0. The van der Waals surface area contributed by atoms with Crippen LogP contribution in [0.15, 0.2) is 42.5 Å². The van der Waals surface area contributed by atoms with Gasteiger partial charge in [0.15, 0.2) is 0 Å². The molecule has 0 aromatic heterocycles. The topological polar surface area (TPSA) is 38.5 Å². The molecule has 0 bridgehead atoms. The van der Waals surface area contributed by atoms with Crippen molar-refractivity contribution < 1.29 is 9.13 Å². The molecule has 2 N–H and O–H groups in total. The largest absolute Gasteiger partial charge is 0.497 e. The smallest absolute Gasteiger partial charge is 0.148 e. The van der Waals surface area contributed by atoms with Crippen LogP contribution in [0, 0.1) is 5.82 Å². The minimum atomic E-state index is -0.415. The summed E-state index contributed by atoms with van der Waals surface area (Å²) < 4.78 is 18.6. The number of nitrogen functional groups attached to an aromatic ring is 1. The summed E-state index contributed by atoms with van der Waals surface area (Å²) in [5.74, 6) is 0.330. The zero-order valence-corrected chi connectivity index (χ0v) is 10.4. The van der Waals surface area contributed by atoms with Crippen molar-refractivity contribution in [1.82, 2.24) is 0 Å². The zero-order chi connectivity index (χ0) is 13.1. The van der Waals surface area contributed by atoms with Crippen LogP contribution in [0.25, 0.3) is 0 Å². The maximum atomic E-state index is 13.4. The molecule has 0 spiro atoms. The molecule has 2 rings (SSSR count). The third-order valence-electron chi connectivity index (χ3n) is 2.83. The third-order valence-corrected chi connectivity index (χ3v) is 2.83. The Morgan fingerprint density at radius 1 is 1.17 bits per heavy atom. The summed E-state index contributed by atoms with van der Waals surface area (Å²) in [5.41, 5.74) is 7.39. The van der Waals surface area contributed by atoms with Gasteiger partial charge in [0.1, 0.15) is 11.6 Å². The molecule has 0 fully saturated rings. The molecule has 94 valence electrons. The van der Waals surface area contributed by atoms with E-state index in [2.05, 4.69) is 0 Å². The van der Waals surface area contributed by atoms with E-state index < -0.39 is 5.82 Å². The molecule has 18 heavy (non-hydrogen) atoms. The first-order valence-electron chi connectivity index (χ1n) is 5.55. The number of hydrogen-bond acceptors (Lipinski definition) is 3. The molecular formula is C14H15FN2O. The molecule has 4 heteroatoms. The normalized spacial score (nSPS) is 10.2. The lowest BCUT2D eigenvalue weighted by atomic mass is 10.2. The number of nitrogens with zero attached hydrogens (tertiary/aromatic N) is 1. The Balaban J connectivity index is 2.41. The highest BCUT2D eigenvalue weighted by molar-refractivity contribution is 5.75. The van der Waals surface area contributed by atoms with Gasteiger partial charge in [0.05, 0.1) is 18.5 Å². The summed E-state index contributed by atoms with van der Waals surface area (Å²) in [7, 11) is 3.44. The van der Waals surface area contributed by atoms with Gasteiger partial charge in [0.2, 0.25) is 0 Å². The van der Waals surface area contributed by atoms with Crippen LogP contribution in [0.1, 0.15) is 0 Å². The van der Waals surface area contributed by atoms with Crippen LogP contribution in [0.2, 0.25) is 0 Å². The fourth-order valence-electron chi connectivity index (χ4n) is 1.78. The quantitative estimate of drug-likeness (QED) is 0.845. The number of methoxy groups -OCH3 is 1. The van der Waals surface area contributed by atoms with Gasteiger partial charge in [-0.2, -0.15) is 0 Å². The number of rotatable bonds is 3. The molecular weight excluding hydrogens is 231 g/mol. The molecule has 0 amide bonds. The van der Waals surface area contributed by atoms with Gasteiger partial charge in [-0.3, -0.25) is 0 Å². The molecule has 0 saturated carbocycles. The number of hydrogen-bond donors (Lipinski definition) is 1. The highest BCUT2D eigenvalue weighted by atomic mass is 19.1. The second-order valence-electron chi connectivity index (χ2n) is 3.93. The molecule has 2 aromatic rings. The highest BCUT2D eigenvalue weighted by Gasteiger charge is 2.10. The first kappa shape index (κ1) is 12.2. The Bertz CT molecular complexity index is 557. The zero-order valence-electron chi connectivity index (χ0n) is 10.4. The van der Waals surface area contributed by atoms with Gasteiger partial charge in [-0.1, -0.05) is 12.1 Å². The molecule has 0 unspecified atom stereocenters. The van der Waals surface area contributed by atoms with Gasteiger partial charge in [0, 0.05) is 18.8 Å². The summed E-state index contributed by atoms with van der Waals surface area (Å²) in [6.45, 7) is 0. The molecule has 0 saturated heterocycles. The van der Waals surface area contributed by atoms with Crippen LogP contribution in [0.4, 0.5) is 21.5 Å². The van der Waals surface area contributed by atoms with Gasteiger partial charge in [-0.15, -0.1) is 0 Å². The molecule has 3 nitrogen and oxygen atoms in total. The lowest BCUT2D eigenvalue weighted by Crippen LogP contribution is -2.12. The third kappa shape index (κ3) is 2.22. The minimum Gasteiger partial charge on any atom is -0.497 e. The van der Waals surface area contributed by atoms with E-state index >= 15 is 0 Å². The van der Waals surface area contributed by atoms with Gasteiger partial charge < -0.3 is 15.4 Å². The van der Waals surface area contributed by atoms with Crippen LogP contribution in [-0.2, 0) is 0 Å². The molecule has 0 aliphatic heterocycles. The van der Waals surface area contributed by atoms with Gasteiger partial charge in [-0.25, -0.2) is 4.39 Å². The van der Waals surface area contributed by atoms with Crippen LogP contribution in [-0.4, -0.2) is 14.2 Å². The lowest BCUT2D eigenvalue weighted by Gasteiger charge is -2.21. The average molecular weight is 246 g/mol. The maximum Gasteiger partial charge on any atom is 0.148 e.